The Morgan fingerprint density at radius 3 is 1.57 bits per heavy atom. The summed E-state index contributed by atoms with van der Waals surface area (Å²) in [5, 5.41) is 0. The maximum Gasteiger partial charge on any atom is 0.305 e. The summed E-state index contributed by atoms with van der Waals surface area (Å²) in [6, 6.07) is 0. The molecule has 0 aliphatic carbocycles. The number of esters is 1. The average Bonchev–Trinajstić information content (AvgIpc) is 2.68. The number of methoxy groups -OCH3 is 1. The van der Waals surface area contributed by atoms with Crippen molar-refractivity contribution in [2.24, 2.45) is 5.92 Å². The molecule has 0 unspecified atom stereocenters. The van der Waals surface area contributed by atoms with Gasteiger partial charge in [-0.1, -0.05) is 102 Å². The van der Waals surface area contributed by atoms with Gasteiger partial charge in [0.1, 0.15) is 0 Å². The Kier molecular flexibility index (Phi) is 21.4. The number of carbonyl (C=O) groups is 1. The molecule has 0 aromatic heterocycles. The second-order valence-electron chi connectivity index (χ2n) is 8.50. The lowest BCUT2D eigenvalue weighted by molar-refractivity contribution is -0.140. The van der Waals surface area contributed by atoms with Gasteiger partial charge in [0.15, 0.2) is 0 Å². The fourth-order valence-corrected chi connectivity index (χ4v) is 3.36. The molecule has 0 atom stereocenters. The molecule has 0 aliphatic heterocycles. The van der Waals surface area contributed by atoms with Gasteiger partial charge in [0.05, 0.1) is 7.11 Å². The average molecular weight is 393 g/mol. The van der Waals surface area contributed by atoms with Gasteiger partial charge in [-0.2, -0.15) is 0 Å². The first-order chi connectivity index (χ1) is 13.7. The Bertz CT molecular complexity index is 382. The number of unbranched alkanes of at least 4 members (excludes halogenated alkanes) is 12. The first-order valence-corrected chi connectivity index (χ1v) is 12.0. The summed E-state index contributed by atoms with van der Waals surface area (Å²) in [5.41, 5.74) is 0. The highest BCUT2D eigenvalue weighted by Gasteiger charge is 1.97. The minimum Gasteiger partial charge on any atom is -0.469 e. The van der Waals surface area contributed by atoms with Gasteiger partial charge in [0.2, 0.25) is 0 Å². The normalized spacial score (nSPS) is 11.9. The van der Waals surface area contributed by atoms with Gasteiger partial charge in [-0.25, -0.2) is 0 Å². The molecule has 0 spiro atoms. The zero-order chi connectivity index (χ0) is 20.7. The molecule has 2 nitrogen and oxygen atoms in total. The van der Waals surface area contributed by atoms with Crippen LogP contribution in [0.2, 0.25) is 0 Å². The molecule has 0 rings (SSSR count). The standard InChI is InChI=1S/C26H48O2/c1-25(2)23-21-19-17-15-13-11-9-7-5-4-6-8-10-12-14-16-18-20-22-24-26(27)28-3/h8,10,16,18,25H,4-7,9,11-15,17,19-24H2,1-3H3/b10-8-,18-16-. The molecule has 2 heteroatoms. The summed E-state index contributed by atoms with van der Waals surface area (Å²) in [4.78, 5) is 11.0. The van der Waals surface area contributed by atoms with Crippen LogP contribution in [0.3, 0.4) is 0 Å². The van der Waals surface area contributed by atoms with Gasteiger partial charge < -0.3 is 4.74 Å². The minimum absolute atomic E-state index is 0.108. The number of carbonyl (C=O) groups excluding carboxylic acids is 1. The maximum absolute atomic E-state index is 11.0. The highest BCUT2D eigenvalue weighted by atomic mass is 16.5. The van der Waals surface area contributed by atoms with Crippen LogP contribution in [0.25, 0.3) is 0 Å². The lowest BCUT2D eigenvalue weighted by Gasteiger charge is -2.04. The summed E-state index contributed by atoms with van der Waals surface area (Å²) < 4.78 is 4.62. The van der Waals surface area contributed by atoms with Gasteiger partial charge >= 0.3 is 5.97 Å². The molecular weight excluding hydrogens is 344 g/mol. The van der Waals surface area contributed by atoms with Crippen LogP contribution < -0.4 is 0 Å². The second-order valence-corrected chi connectivity index (χ2v) is 8.50. The Balaban J connectivity index is 3.19. The number of rotatable bonds is 20. The molecule has 0 heterocycles. The van der Waals surface area contributed by atoms with Gasteiger partial charge in [0, 0.05) is 6.42 Å². The molecule has 0 aliphatic rings. The summed E-state index contributed by atoms with van der Waals surface area (Å²) in [6.45, 7) is 4.65. The largest absolute Gasteiger partial charge is 0.469 e. The molecule has 0 aromatic rings. The molecule has 0 radical (unpaired) electrons. The third-order valence-electron chi connectivity index (χ3n) is 5.21. The van der Waals surface area contributed by atoms with E-state index in [1.165, 1.54) is 84.2 Å². The maximum atomic E-state index is 11.0. The van der Waals surface area contributed by atoms with Crippen molar-refractivity contribution in [3.05, 3.63) is 24.3 Å². The lowest BCUT2D eigenvalue weighted by Crippen LogP contribution is -1.98. The second kappa shape index (κ2) is 22.2. The molecule has 0 bridgehead atoms. The van der Waals surface area contributed by atoms with Crippen molar-refractivity contribution in [1.29, 1.82) is 0 Å². The van der Waals surface area contributed by atoms with Gasteiger partial charge in [-0.15, -0.1) is 0 Å². The number of allylic oxidation sites excluding steroid dienone is 4. The number of ether oxygens (including phenoxy) is 1. The lowest BCUT2D eigenvalue weighted by atomic mass is 10.0. The molecule has 0 N–H and O–H groups in total. The fraction of sp³-hybridized carbons (Fsp3) is 0.808. The number of hydrogen-bond acceptors (Lipinski definition) is 2. The molecular formula is C26H48O2. The van der Waals surface area contributed by atoms with Crippen LogP contribution in [0.5, 0.6) is 0 Å². The number of hydrogen-bond donors (Lipinski definition) is 0. The monoisotopic (exact) mass is 392 g/mol. The smallest absolute Gasteiger partial charge is 0.305 e. The van der Waals surface area contributed by atoms with Crippen LogP contribution in [0.1, 0.15) is 123 Å². The van der Waals surface area contributed by atoms with E-state index in [0.717, 1.165) is 31.6 Å². The Morgan fingerprint density at radius 1 is 0.643 bits per heavy atom. The van der Waals surface area contributed by atoms with Crippen molar-refractivity contribution >= 4 is 5.97 Å². The summed E-state index contributed by atoms with van der Waals surface area (Å²) in [6.07, 6.45) is 30.5. The predicted molar refractivity (Wildman–Crippen MR) is 124 cm³/mol. The molecule has 164 valence electrons. The Hall–Kier alpha value is -1.05. The van der Waals surface area contributed by atoms with Crippen molar-refractivity contribution < 1.29 is 9.53 Å². The van der Waals surface area contributed by atoms with Crippen LogP contribution in [0.15, 0.2) is 24.3 Å². The van der Waals surface area contributed by atoms with E-state index >= 15 is 0 Å². The van der Waals surface area contributed by atoms with Crippen LogP contribution in [-0.2, 0) is 9.53 Å². The predicted octanol–water partition coefficient (Wildman–Crippen LogP) is 8.56. The SMILES string of the molecule is COC(=O)CCC/C=C\CC/C=C\CCCCCCCCCCCCC(C)C. The molecule has 0 fully saturated rings. The Morgan fingerprint density at radius 2 is 1.07 bits per heavy atom. The van der Waals surface area contributed by atoms with Gasteiger partial charge in [0.25, 0.3) is 0 Å². The van der Waals surface area contributed by atoms with Gasteiger partial charge in [-0.05, 0) is 44.4 Å². The third kappa shape index (κ3) is 23.0. The van der Waals surface area contributed by atoms with E-state index in [-0.39, 0.29) is 5.97 Å². The van der Waals surface area contributed by atoms with E-state index in [1.54, 1.807) is 0 Å². The molecule has 0 amide bonds. The van der Waals surface area contributed by atoms with E-state index < -0.39 is 0 Å². The highest BCUT2D eigenvalue weighted by Crippen LogP contribution is 2.14. The first kappa shape index (κ1) is 27.0. The fourth-order valence-electron chi connectivity index (χ4n) is 3.36. The van der Waals surface area contributed by atoms with Crippen LogP contribution in [0, 0.1) is 5.92 Å². The summed E-state index contributed by atoms with van der Waals surface area (Å²) in [7, 11) is 1.45. The van der Waals surface area contributed by atoms with Crippen molar-refractivity contribution in [2.75, 3.05) is 7.11 Å². The van der Waals surface area contributed by atoms with Crippen LogP contribution in [0.4, 0.5) is 0 Å². The van der Waals surface area contributed by atoms with Crippen LogP contribution >= 0.6 is 0 Å². The highest BCUT2D eigenvalue weighted by molar-refractivity contribution is 5.68. The third-order valence-corrected chi connectivity index (χ3v) is 5.21. The van der Waals surface area contributed by atoms with E-state index in [9.17, 15) is 4.79 Å². The van der Waals surface area contributed by atoms with Crippen molar-refractivity contribution in [2.45, 2.75) is 123 Å². The van der Waals surface area contributed by atoms with Crippen molar-refractivity contribution in [1.82, 2.24) is 0 Å². The van der Waals surface area contributed by atoms with E-state index in [4.69, 9.17) is 0 Å². The summed E-state index contributed by atoms with van der Waals surface area (Å²) >= 11 is 0. The minimum atomic E-state index is -0.108. The van der Waals surface area contributed by atoms with Crippen molar-refractivity contribution in [3.8, 4) is 0 Å². The van der Waals surface area contributed by atoms with E-state index in [2.05, 4.69) is 42.9 Å². The van der Waals surface area contributed by atoms with Gasteiger partial charge in [-0.3, -0.25) is 4.79 Å². The first-order valence-electron chi connectivity index (χ1n) is 12.0. The molecule has 0 saturated carbocycles. The molecule has 0 saturated heterocycles. The molecule has 0 aromatic carbocycles. The topological polar surface area (TPSA) is 26.3 Å². The zero-order valence-corrected chi connectivity index (χ0v) is 19.2. The summed E-state index contributed by atoms with van der Waals surface area (Å²) in [5.74, 6) is 0.769. The van der Waals surface area contributed by atoms with E-state index in [1.807, 2.05) is 0 Å². The Labute approximate surface area is 176 Å². The zero-order valence-electron chi connectivity index (χ0n) is 19.2. The van der Waals surface area contributed by atoms with E-state index in [0.29, 0.717) is 6.42 Å². The molecule has 28 heavy (non-hydrogen) atoms. The van der Waals surface area contributed by atoms with Crippen LogP contribution in [-0.4, -0.2) is 13.1 Å². The quantitative estimate of drug-likeness (QED) is 0.118. The van der Waals surface area contributed by atoms with Crippen molar-refractivity contribution in [3.63, 3.8) is 0 Å².